The minimum atomic E-state index is 0. The molecule has 1 unspecified atom stereocenters. The molecule has 0 radical (unpaired) electrons. The van der Waals surface area contributed by atoms with E-state index >= 15 is 0 Å². The molecule has 1 aromatic heterocycles. The van der Waals surface area contributed by atoms with Gasteiger partial charge in [0.2, 0.25) is 0 Å². The Morgan fingerprint density at radius 2 is 1.82 bits per heavy atom. The van der Waals surface area contributed by atoms with Crippen LogP contribution < -0.4 is 4.90 Å². The van der Waals surface area contributed by atoms with Crippen LogP contribution in [0.25, 0.3) is 0 Å². The van der Waals surface area contributed by atoms with Gasteiger partial charge in [0.25, 0.3) is 0 Å². The highest BCUT2D eigenvalue weighted by Gasteiger charge is 2.25. The van der Waals surface area contributed by atoms with Crippen LogP contribution in [0.1, 0.15) is 24.0 Å². The Bertz CT molecular complexity index is 658. The van der Waals surface area contributed by atoms with Crippen molar-refractivity contribution in [1.82, 2.24) is 9.97 Å². The van der Waals surface area contributed by atoms with Crippen LogP contribution in [0.15, 0.2) is 29.2 Å². The average molecular weight is 336 g/mol. The number of aryl methyl sites for hydroxylation is 1. The Morgan fingerprint density at radius 3 is 2.45 bits per heavy atom. The molecule has 1 aliphatic rings. The number of thioether (sulfide) groups is 1. The first-order valence-electron chi connectivity index (χ1n) is 7.32. The lowest BCUT2D eigenvalue weighted by Crippen LogP contribution is -2.15. The van der Waals surface area contributed by atoms with E-state index in [2.05, 4.69) is 54.4 Å². The molecule has 1 heterocycles. The predicted molar refractivity (Wildman–Crippen MR) is 96.9 cm³/mol. The first kappa shape index (κ1) is 17.1. The second-order valence-corrected chi connectivity index (χ2v) is 6.67. The highest BCUT2D eigenvalue weighted by molar-refractivity contribution is 7.98. The van der Waals surface area contributed by atoms with Crippen molar-refractivity contribution in [2.24, 2.45) is 5.92 Å². The Labute approximate surface area is 143 Å². The fourth-order valence-corrected chi connectivity index (χ4v) is 3.38. The summed E-state index contributed by atoms with van der Waals surface area (Å²) in [6.07, 6.45) is 4.25. The summed E-state index contributed by atoms with van der Waals surface area (Å²) in [7, 11) is 2.10. The van der Waals surface area contributed by atoms with E-state index in [0.717, 1.165) is 24.5 Å². The van der Waals surface area contributed by atoms with E-state index in [9.17, 15) is 0 Å². The van der Waals surface area contributed by atoms with Gasteiger partial charge in [0.05, 0.1) is 0 Å². The predicted octanol–water partition coefficient (Wildman–Crippen LogP) is 4.43. The third-order valence-corrected chi connectivity index (χ3v) is 4.80. The van der Waals surface area contributed by atoms with Crippen LogP contribution in [0.2, 0.25) is 0 Å². The fourth-order valence-electron chi connectivity index (χ4n) is 2.97. The Balaban J connectivity index is 0.00000176. The van der Waals surface area contributed by atoms with Crippen LogP contribution in [-0.4, -0.2) is 23.3 Å². The summed E-state index contributed by atoms with van der Waals surface area (Å²) in [5, 5.41) is 0. The van der Waals surface area contributed by atoms with Gasteiger partial charge >= 0.3 is 0 Å². The molecule has 0 amide bonds. The van der Waals surface area contributed by atoms with E-state index in [1.165, 1.54) is 21.8 Å². The number of rotatable bonds is 3. The molecule has 0 bridgehead atoms. The summed E-state index contributed by atoms with van der Waals surface area (Å²) >= 11 is 1.76. The van der Waals surface area contributed by atoms with Crippen molar-refractivity contribution in [1.29, 1.82) is 0 Å². The molecule has 1 atom stereocenters. The lowest BCUT2D eigenvalue weighted by atomic mass is 10.1. The normalized spacial score (nSPS) is 16.1. The summed E-state index contributed by atoms with van der Waals surface area (Å²) in [5.41, 5.74) is 3.73. The van der Waals surface area contributed by atoms with Crippen LogP contribution in [-0.2, 0) is 12.8 Å². The summed E-state index contributed by atoms with van der Waals surface area (Å²) < 4.78 is 0. The standard InChI is InChI=1S/C17H21N3S.ClH/c1-11-9-15-16(10-11)18-12(2)19-17(15)20(3)13-5-7-14(21-4)8-6-13;/h5-8,11H,9-10H2,1-4H3;1H. The molecule has 0 N–H and O–H groups in total. The molecule has 0 saturated carbocycles. The van der Waals surface area contributed by atoms with Gasteiger partial charge in [-0.15, -0.1) is 24.2 Å². The maximum Gasteiger partial charge on any atom is 0.139 e. The number of halogens is 1. The minimum absolute atomic E-state index is 0. The molecular formula is C17H22ClN3S. The highest BCUT2D eigenvalue weighted by atomic mass is 35.5. The molecule has 118 valence electrons. The van der Waals surface area contributed by atoms with Gasteiger partial charge in [-0.1, -0.05) is 6.92 Å². The van der Waals surface area contributed by atoms with Crippen molar-refractivity contribution in [3.63, 3.8) is 0 Å². The van der Waals surface area contributed by atoms with Crippen molar-refractivity contribution < 1.29 is 0 Å². The molecule has 0 spiro atoms. The van der Waals surface area contributed by atoms with Crippen LogP contribution in [0, 0.1) is 12.8 Å². The molecular weight excluding hydrogens is 314 g/mol. The van der Waals surface area contributed by atoms with Crippen molar-refractivity contribution in [2.75, 3.05) is 18.2 Å². The highest BCUT2D eigenvalue weighted by Crippen LogP contribution is 2.34. The zero-order valence-electron chi connectivity index (χ0n) is 13.5. The first-order chi connectivity index (χ1) is 10.1. The second kappa shape index (κ2) is 6.88. The number of hydrogen-bond donors (Lipinski definition) is 0. The number of hydrogen-bond acceptors (Lipinski definition) is 4. The molecule has 3 rings (SSSR count). The van der Waals surface area contributed by atoms with Crippen LogP contribution >= 0.6 is 24.2 Å². The van der Waals surface area contributed by atoms with Crippen molar-refractivity contribution in [3.05, 3.63) is 41.3 Å². The Morgan fingerprint density at radius 1 is 1.14 bits per heavy atom. The number of nitrogens with zero attached hydrogens (tertiary/aromatic N) is 3. The maximum absolute atomic E-state index is 4.71. The molecule has 0 fully saturated rings. The van der Waals surface area contributed by atoms with Crippen molar-refractivity contribution in [2.45, 2.75) is 31.6 Å². The van der Waals surface area contributed by atoms with Gasteiger partial charge in [0.15, 0.2) is 0 Å². The van der Waals surface area contributed by atoms with E-state index in [4.69, 9.17) is 4.98 Å². The van der Waals surface area contributed by atoms with Gasteiger partial charge in [0.1, 0.15) is 11.6 Å². The number of aromatic nitrogens is 2. The largest absolute Gasteiger partial charge is 0.329 e. The van der Waals surface area contributed by atoms with Crippen molar-refractivity contribution in [3.8, 4) is 0 Å². The zero-order chi connectivity index (χ0) is 15.0. The number of fused-ring (bicyclic) bond motifs is 1. The van der Waals surface area contributed by atoms with E-state index < -0.39 is 0 Å². The molecule has 1 aliphatic carbocycles. The smallest absolute Gasteiger partial charge is 0.139 e. The maximum atomic E-state index is 4.71. The molecule has 5 heteroatoms. The fraction of sp³-hybridized carbons (Fsp3) is 0.412. The summed E-state index contributed by atoms with van der Waals surface area (Å²) in [6.45, 7) is 4.27. The van der Waals surface area contributed by atoms with E-state index in [0.29, 0.717) is 5.92 Å². The number of anilines is 2. The number of benzene rings is 1. The third kappa shape index (κ3) is 3.23. The summed E-state index contributed by atoms with van der Waals surface area (Å²) in [4.78, 5) is 12.8. The van der Waals surface area contributed by atoms with E-state index in [1.54, 1.807) is 11.8 Å². The topological polar surface area (TPSA) is 29.0 Å². The van der Waals surface area contributed by atoms with Gasteiger partial charge in [-0.25, -0.2) is 9.97 Å². The zero-order valence-corrected chi connectivity index (χ0v) is 15.1. The van der Waals surface area contributed by atoms with Gasteiger partial charge in [-0.05, 0) is 56.2 Å². The molecule has 0 saturated heterocycles. The molecule has 3 nitrogen and oxygen atoms in total. The minimum Gasteiger partial charge on any atom is -0.329 e. The summed E-state index contributed by atoms with van der Waals surface area (Å²) in [5.74, 6) is 2.60. The van der Waals surface area contributed by atoms with Crippen LogP contribution in [0.3, 0.4) is 0 Å². The van der Waals surface area contributed by atoms with E-state index in [-0.39, 0.29) is 12.4 Å². The average Bonchev–Trinajstić information content (AvgIpc) is 2.85. The van der Waals surface area contributed by atoms with Crippen molar-refractivity contribution >= 4 is 35.7 Å². The monoisotopic (exact) mass is 335 g/mol. The molecule has 2 aromatic rings. The summed E-state index contributed by atoms with van der Waals surface area (Å²) in [6, 6.07) is 8.64. The lowest BCUT2D eigenvalue weighted by molar-refractivity contribution is 0.623. The Kier molecular flexibility index (Phi) is 5.35. The van der Waals surface area contributed by atoms with Crippen LogP contribution in [0.4, 0.5) is 11.5 Å². The van der Waals surface area contributed by atoms with Gasteiger partial charge in [-0.2, -0.15) is 0 Å². The molecule has 1 aromatic carbocycles. The quantitative estimate of drug-likeness (QED) is 0.776. The Hall–Kier alpha value is -1.26. The van der Waals surface area contributed by atoms with Gasteiger partial charge in [-0.3, -0.25) is 0 Å². The van der Waals surface area contributed by atoms with Gasteiger partial charge in [0, 0.05) is 28.9 Å². The first-order valence-corrected chi connectivity index (χ1v) is 8.55. The lowest BCUT2D eigenvalue weighted by Gasteiger charge is -2.21. The molecule has 22 heavy (non-hydrogen) atoms. The SMILES string of the molecule is CSc1ccc(N(C)c2nc(C)nc3c2CC(C)C3)cc1.Cl. The van der Waals surface area contributed by atoms with Gasteiger partial charge < -0.3 is 4.90 Å². The second-order valence-electron chi connectivity index (χ2n) is 5.79. The van der Waals surface area contributed by atoms with E-state index in [1.807, 2.05) is 6.92 Å². The van der Waals surface area contributed by atoms with Crippen LogP contribution in [0.5, 0.6) is 0 Å². The third-order valence-electron chi connectivity index (χ3n) is 4.05. The molecule has 0 aliphatic heterocycles.